The summed E-state index contributed by atoms with van der Waals surface area (Å²) in [5, 5.41) is 2.69. The molecule has 3 aromatic rings. The third kappa shape index (κ3) is 4.39. The number of ether oxygens (including phenoxy) is 1. The first kappa shape index (κ1) is 18.3. The SMILES string of the molecule is COc1ccccc1NC(=O)c1cnc(NS(=O)(=O)c2ccccc2)nc1. The van der Waals surface area contributed by atoms with Gasteiger partial charge in [0.15, 0.2) is 0 Å². The van der Waals surface area contributed by atoms with Gasteiger partial charge in [-0.25, -0.2) is 23.1 Å². The fraction of sp³-hybridized carbons (Fsp3) is 0.0556. The number of sulfonamides is 1. The van der Waals surface area contributed by atoms with E-state index in [9.17, 15) is 13.2 Å². The van der Waals surface area contributed by atoms with E-state index in [0.29, 0.717) is 11.4 Å². The molecule has 0 saturated heterocycles. The number of carbonyl (C=O) groups is 1. The van der Waals surface area contributed by atoms with Crippen molar-refractivity contribution in [2.45, 2.75) is 4.90 Å². The van der Waals surface area contributed by atoms with E-state index in [1.54, 1.807) is 42.5 Å². The number of para-hydroxylation sites is 2. The zero-order valence-electron chi connectivity index (χ0n) is 14.3. The summed E-state index contributed by atoms with van der Waals surface area (Å²) in [6.07, 6.45) is 2.47. The van der Waals surface area contributed by atoms with Gasteiger partial charge in [0.2, 0.25) is 5.95 Å². The Hall–Kier alpha value is -3.46. The second-order valence-corrected chi connectivity index (χ2v) is 7.05. The molecule has 0 atom stereocenters. The van der Waals surface area contributed by atoms with Gasteiger partial charge in [-0.15, -0.1) is 0 Å². The van der Waals surface area contributed by atoms with Crippen molar-refractivity contribution < 1.29 is 17.9 Å². The molecule has 138 valence electrons. The lowest BCUT2D eigenvalue weighted by Gasteiger charge is -2.10. The summed E-state index contributed by atoms with van der Waals surface area (Å²) in [6.45, 7) is 0. The maximum absolute atomic E-state index is 12.3. The quantitative estimate of drug-likeness (QED) is 0.676. The van der Waals surface area contributed by atoms with Crippen molar-refractivity contribution in [2.24, 2.45) is 0 Å². The first-order chi connectivity index (χ1) is 13.0. The van der Waals surface area contributed by atoms with E-state index in [2.05, 4.69) is 20.0 Å². The Morgan fingerprint density at radius 1 is 0.963 bits per heavy atom. The van der Waals surface area contributed by atoms with Crippen molar-refractivity contribution in [1.82, 2.24) is 9.97 Å². The number of methoxy groups -OCH3 is 1. The second-order valence-electron chi connectivity index (χ2n) is 5.37. The van der Waals surface area contributed by atoms with Gasteiger partial charge in [0.25, 0.3) is 15.9 Å². The van der Waals surface area contributed by atoms with Crippen LogP contribution in [0.15, 0.2) is 71.9 Å². The van der Waals surface area contributed by atoms with Crippen molar-refractivity contribution in [3.8, 4) is 5.75 Å². The largest absolute Gasteiger partial charge is 0.495 e. The van der Waals surface area contributed by atoms with Gasteiger partial charge in [0.1, 0.15) is 5.75 Å². The van der Waals surface area contributed by atoms with Gasteiger partial charge in [-0.1, -0.05) is 30.3 Å². The van der Waals surface area contributed by atoms with Crippen LogP contribution in [0.25, 0.3) is 0 Å². The highest BCUT2D eigenvalue weighted by atomic mass is 32.2. The van der Waals surface area contributed by atoms with Gasteiger partial charge in [-0.05, 0) is 24.3 Å². The highest BCUT2D eigenvalue weighted by molar-refractivity contribution is 7.92. The minimum atomic E-state index is -3.80. The molecule has 0 aliphatic carbocycles. The molecule has 0 fully saturated rings. The van der Waals surface area contributed by atoms with Gasteiger partial charge >= 0.3 is 0 Å². The van der Waals surface area contributed by atoms with Gasteiger partial charge in [0.05, 0.1) is 23.3 Å². The van der Waals surface area contributed by atoms with Crippen LogP contribution in [-0.4, -0.2) is 31.4 Å². The summed E-state index contributed by atoms with van der Waals surface area (Å²) >= 11 is 0. The Morgan fingerprint density at radius 3 is 2.26 bits per heavy atom. The van der Waals surface area contributed by atoms with Crippen molar-refractivity contribution in [3.05, 3.63) is 72.6 Å². The fourth-order valence-corrected chi connectivity index (χ4v) is 3.20. The van der Waals surface area contributed by atoms with E-state index in [1.165, 1.54) is 31.6 Å². The normalized spacial score (nSPS) is 10.9. The topological polar surface area (TPSA) is 110 Å². The van der Waals surface area contributed by atoms with E-state index in [4.69, 9.17) is 4.74 Å². The molecule has 0 radical (unpaired) electrons. The lowest BCUT2D eigenvalue weighted by atomic mass is 10.2. The Labute approximate surface area is 156 Å². The Kier molecular flexibility index (Phi) is 5.32. The molecule has 27 heavy (non-hydrogen) atoms. The third-order valence-corrected chi connectivity index (χ3v) is 4.89. The fourth-order valence-electron chi connectivity index (χ4n) is 2.22. The number of aromatic nitrogens is 2. The van der Waals surface area contributed by atoms with E-state index in [-0.39, 0.29) is 16.4 Å². The molecule has 0 bridgehead atoms. The molecule has 2 N–H and O–H groups in total. The minimum Gasteiger partial charge on any atom is -0.495 e. The molecule has 0 spiro atoms. The molecule has 1 amide bonds. The first-order valence-electron chi connectivity index (χ1n) is 7.84. The van der Waals surface area contributed by atoms with Crippen LogP contribution in [0.3, 0.4) is 0 Å². The molecule has 0 aliphatic rings. The van der Waals surface area contributed by atoms with Gasteiger partial charge in [-0.2, -0.15) is 0 Å². The second kappa shape index (κ2) is 7.83. The molecule has 0 saturated carbocycles. The summed E-state index contributed by atoms with van der Waals surface area (Å²) in [7, 11) is -2.29. The molecular weight excluding hydrogens is 368 g/mol. The van der Waals surface area contributed by atoms with E-state index in [0.717, 1.165) is 0 Å². The monoisotopic (exact) mass is 384 g/mol. The Morgan fingerprint density at radius 2 is 1.59 bits per heavy atom. The smallest absolute Gasteiger partial charge is 0.264 e. The lowest BCUT2D eigenvalue weighted by Crippen LogP contribution is -2.17. The van der Waals surface area contributed by atoms with Gasteiger partial charge in [0, 0.05) is 12.4 Å². The van der Waals surface area contributed by atoms with E-state index >= 15 is 0 Å². The maximum atomic E-state index is 12.3. The zero-order chi connectivity index (χ0) is 19.3. The zero-order valence-corrected chi connectivity index (χ0v) is 15.1. The number of nitrogens with zero attached hydrogens (tertiary/aromatic N) is 2. The van der Waals surface area contributed by atoms with Gasteiger partial charge in [-0.3, -0.25) is 4.79 Å². The summed E-state index contributed by atoms with van der Waals surface area (Å²) in [4.78, 5) is 20.2. The van der Waals surface area contributed by atoms with Crippen LogP contribution in [0, 0.1) is 0 Å². The van der Waals surface area contributed by atoms with Crippen LogP contribution < -0.4 is 14.8 Å². The number of rotatable bonds is 6. The van der Waals surface area contributed by atoms with Crippen LogP contribution in [0.5, 0.6) is 5.75 Å². The van der Waals surface area contributed by atoms with Crippen molar-refractivity contribution in [1.29, 1.82) is 0 Å². The Bertz CT molecular complexity index is 1040. The summed E-state index contributed by atoms with van der Waals surface area (Å²) in [6, 6.07) is 14.8. The number of carbonyl (C=O) groups excluding carboxylic acids is 1. The maximum Gasteiger partial charge on any atom is 0.264 e. The number of anilines is 2. The third-order valence-electron chi connectivity index (χ3n) is 3.55. The van der Waals surface area contributed by atoms with Crippen LogP contribution in [-0.2, 0) is 10.0 Å². The van der Waals surface area contributed by atoms with Crippen LogP contribution in [0.2, 0.25) is 0 Å². The molecule has 0 aliphatic heterocycles. The first-order valence-corrected chi connectivity index (χ1v) is 9.32. The number of amides is 1. The lowest BCUT2D eigenvalue weighted by molar-refractivity contribution is 0.102. The van der Waals surface area contributed by atoms with Crippen molar-refractivity contribution in [3.63, 3.8) is 0 Å². The standard InChI is InChI=1S/C18H16N4O4S/c1-26-16-10-6-5-9-15(16)21-17(23)13-11-19-18(20-12-13)22-27(24,25)14-7-3-2-4-8-14/h2-12H,1H3,(H,21,23)(H,19,20,22). The number of hydrogen-bond donors (Lipinski definition) is 2. The minimum absolute atomic E-state index is 0.0894. The summed E-state index contributed by atoms with van der Waals surface area (Å²) in [5.74, 6) is -0.0660. The summed E-state index contributed by atoms with van der Waals surface area (Å²) in [5.41, 5.74) is 0.669. The van der Waals surface area contributed by atoms with E-state index < -0.39 is 15.9 Å². The van der Waals surface area contributed by atoms with E-state index in [1.807, 2.05) is 0 Å². The predicted octanol–water partition coefficient (Wildman–Crippen LogP) is 2.54. The Balaban J connectivity index is 1.72. The number of benzene rings is 2. The number of nitrogens with one attached hydrogen (secondary N) is 2. The van der Waals surface area contributed by atoms with Crippen LogP contribution in [0.1, 0.15) is 10.4 Å². The van der Waals surface area contributed by atoms with Crippen molar-refractivity contribution in [2.75, 3.05) is 17.1 Å². The average molecular weight is 384 g/mol. The predicted molar refractivity (Wildman–Crippen MR) is 100 cm³/mol. The molecule has 3 rings (SSSR count). The molecule has 8 nitrogen and oxygen atoms in total. The van der Waals surface area contributed by atoms with Gasteiger partial charge < -0.3 is 10.1 Å². The molecule has 1 heterocycles. The molecular formula is C18H16N4O4S. The molecule has 9 heteroatoms. The van der Waals surface area contributed by atoms with Crippen LogP contribution >= 0.6 is 0 Å². The van der Waals surface area contributed by atoms with Crippen LogP contribution in [0.4, 0.5) is 11.6 Å². The summed E-state index contributed by atoms with van der Waals surface area (Å²) < 4.78 is 31.9. The molecule has 2 aromatic carbocycles. The molecule has 1 aromatic heterocycles. The number of hydrogen-bond acceptors (Lipinski definition) is 6. The highest BCUT2D eigenvalue weighted by Gasteiger charge is 2.16. The average Bonchev–Trinajstić information content (AvgIpc) is 2.69. The molecule has 0 unspecified atom stereocenters. The van der Waals surface area contributed by atoms with Crippen molar-refractivity contribution >= 4 is 27.6 Å². The highest BCUT2D eigenvalue weighted by Crippen LogP contribution is 2.23.